The van der Waals surface area contributed by atoms with Crippen LogP contribution < -0.4 is 0 Å². The third-order valence-corrected chi connectivity index (χ3v) is 2.06. The highest BCUT2D eigenvalue weighted by Crippen LogP contribution is 2.02. The summed E-state index contributed by atoms with van der Waals surface area (Å²) in [6.07, 6.45) is 3.54. The zero-order valence-corrected chi connectivity index (χ0v) is 9.60. The molecule has 0 aromatic rings. The summed E-state index contributed by atoms with van der Waals surface area (Å²) in [4.78, 5) is 0. The Labute approximate surface area is 83.8 Å². The topological polar surface area (TPSA) is 18.5 Å². The van der Waals surface area contributed by atoms with Crippen LogP contribution >= 0.6 is 15.9 Å². The van der Waals surface area contributed by atoms with Gasteiger partial charge in [0.15, 0.2) is 6.29 Å². The average Bonchev–Trinajstić information content (AvgIpc) is 2.10. The summed E-state index contributed by atoms with van der Waals surface area (Å²) >= 11 is 3.34. The molecule has 0 saturated carbocycles. The van der Waals surface area contributed by atoms with Crippen LogP contribution in [-0.4, -0.2) is 24.8 Å². The molecule has 0 rings (SSSR count). The van der Waals surface area contributed by atoms with E-state index in [1.807, 2.05) is 6.92 Å². The molecule has 0 spiro atoms. The van der Waals surface area contributed by atoms with Gasteiger partial charge in [-0.2, -0.15) is 0 Å². The first kappa shape index (κ1) is 12.4. The van der Waals surface area contributed by atoms with Crippen LogP contribution in [0.1, 0.15) is 33.1 Å². The molecule has 1 atom stereocenters. The van der Waals surface area contributed by atoms with E-state index in [0.717, 1.165) is 18.4 Å². The maximum atomic E-state index is 5.46. The van der Waals surface area contributed by atoms with Crippen LogP contribution in [0, 0.1) is 0 Å². The third-order valence-electron chi connectivity index (χ3n) is 1.53. The summed E-state index contributed by atoms with van der Waals surface area (Å²) in [6, 6.07) is 0. The van der Waals surface area contributed by atoms with E-state index in [-0.39, 0.29) is 6.29 Å². The van der Waals surface area contributed by atoms with Crippen LogP contribution in [0.5, 0.6) is 0 Å². The van der Waals surface area contributed by atoms with E-state index < -0.39 is 0 Å². The number of unbranched alkanes of at least 4 members (excludes halogenated alkanes) is 2. The predicted molar refractivity (Wildman–Crippen MR) is 54.7 cm³/mol. The summed E-state index contributed by atoms with van der Waals surface area (Å²) < 4.78 is 10.8. The number of hydrogen-bond donors (Lipinski definition) is 0. The minimum atomic E-state index is -0.0631. The van der Waals surface area contributed by atoms with Crippen LogP contribution in [0.15, 0.2) is 0 Å². The molecule has 0 aliphatic rings. The monoisotopic (exact) mass is 238 g/mol. The molecule has 74 valence electrons. The summed E-state index contributed by atoms with van der Waals surface area (Å²) in [5, 5.41) is 0.757. The minimum Gasteiger partial charge on any atom is -0.352 e. The molecule has 1 unspecified atom stereocenters. The molecule has 0 bridgehead atoms. The van der Waals surface area contributed by atoms with E-state index in [1.54, 1.807) is 0 Å². The summed E-state index contributed by atoms with van der Waals surface area (Å²) in [5.41, 5.74) is 0. The molecule has 0 aromatic carbocycles. The maximum Gasteiger partial charge on any atom is 0.167 e. The Hall–Kier alpha value is 0.400. The second-order valence-electron chi connectivity index (χ2n) is 2.62. The Kier molecular flexibility index (Phi) is 9.80. The van der Waals surface area contributed by atoms with Crippen molar-refractivity contribution in [3.8, 4) is 0 Å². The SMILES string of the molecule is CCCCCOC(CBr)OCC. The van der Waals surface area contributed by atoms with Crippen molar-refractivity contribution < 1.29 is 9.47 Å². The molecule has 0 aromatic heterocycles. The Morgan fingerprint density at radius 1 is 1.17 bits per heavy atom. The number of rotatable bonds is 8. The molecule has 0 aliphatic heterocycles. The quantitative estimate of drug-likeness (QED) is 0.368. The number of ether oxygens (including phenoxy) is 2. The van der Waals surface area contributed by atoms with Crippen molar-refractivity contribution in [2.75, 3.05) is 18.5 Å². The van der Waals surface area contributed by atoms with E-state index in [1.165, 1.54) is 12.8 Å². The van der Waals surface area contributed by atoms with Gasteiger partial charge in [-0.15, -0.1) is 0 Å². The van der Waals surface area contributed by atoms with Crippen molar-refractivity contribution in [2.24, 2.45) is 0 Å². The molecule has 0 saturated heterocycles. The van der Waals surface area contributed by atoms with Gasteiger partial charge in [-0.05, 0) is 13.3 Å². The van der Waals surface area contributed by atoms with Gasteiger partial charge >= 0.3 is 0 Å². The lowest BCUT2D eigenvalue weighted by molar-refractivity contribution is -0.123. The molecular weight excluding hydrogens is 220 g/mol. The van der Waals surface area contributed by atoms with Crippen molar-refractivity contribution in [3.05, 3.63) is 0 Å². The lowest BCUT2D eigenvalue weighted by Crippen LogP contribution is -2.19. The van der Waals surface area contributed by atoms with Crippen LogP contribution in [0.25, 0.3) is 0 Å². The second kappa shape index (κ2) is 9.49. The van der Waals surface area contributed by atoms with E-state index >= 15 is 0 Å². The Morgan fingerprint density at radius 3 is 2.42 bits per heavy atom. The molecule has 0 N–H and O–H groups in total. The fourth-order valence-corrected chi connectivity index (χ4v) is 1.26. The minimum absolute atomic E-state index is 0.0631. The van der Waals surface area contributed by atoms with Crippen LogP contribution in [0.3, 0.4) is 0 Å². The summed E-state index contributed by atoms with van der Waals surface area (Å²) in [6.45, 7) is 5.68. The molecule has 0 fully saturated rings. The van der Waals surface area contributed by atoms with Crippen molar-refractivity contribution in [1.29, 1.82) is 0 Å². The zero-order valence-electron chi connectivity index (χ0n) is 8.01. The molecule has 0 radical (unpaired) electrons. The standard InChI is InChI=1S/C9H19BrO2/c1-3-5-6-7-12-9(8-10)11-4-2/h9H,3-8H2,1-2H3. The first-order valence-electron chi connectivity index (χ1n) is 4.64. The highest BCUT2D eigenvalue weighted by Gasteiger charge is 2.04. The van der Waals surface area contributed by atoms with E-state index in [0.29, 0.717) is 6.61 Å². The van der Waals surface area contributed by atoms with Crippen molar-refractivity contribution in [3.63, 3.8) is 0 Å². The van der Waals surface area contributed by atoms with Crippen molar-refractivity contribution >= 4 is 15.9 Å². The fourth-order valence-electron chi connectivity index (χ4n) is 0.890. The third kappa shape index (κ3) is 7.07. The predicted octanol–water partition coefficient (Wildman–Crippen LogP) is 2.95. The second-order valence-corrected chi connectivity index (χ2v) is 3.26. The van der Waals surface area contributed by atoms with E-state index in [2.05, 4.69) is 22.9 Å². The van der Waals surface area contributed by atoms with Crippen LogP contribution in [-0.2, 0) is 9.47 Å². The van der Waals surface area contributed by atoms with Gasteiger partial charge in [0.1, 0.15) is 0 Å². The van der Waals surface area contributed by atoms with Gasteiger partial charge < -0.3 is 9.47 Å². The lowest BCUT2D eigenvalue weighted by atomic mass is 10.3. The number of halogens is 1. The smallest absolute Gasteiger partial charge is 0.167 e. The molecule has 2 nitrogen and oxygen atoms in total. The lowest BCUT2D eigenvalue weighted by Gasteiger charge is -2.14. The van der Waals surface area contributed by atoms with Gasteiger partial charge in [-0.1, -0.05) is 35.7 Å². The molecule has 0 heterocycles. The highest BCUT2D eigenvalue weighted by atomic mass is 79.9. The van der Waals surface area contributed by atoms with Gasteiger partial charge in [0.05, 0.1) is 5.33 Å². The van der Waals surface area contributed by atoms with Crippen LogP contribution in [0.4, 0.5) is 0 Å². The summed E-state index contributed by atoms with van der Waals surface area (Å²) in [5.74, 6) is 0. The highest BCUT2D eigenvalue weighted by molar-refractivity contribution is 9.09. The van der Waals surface area contributed by atoms with Crippen molar-refractivity contribution in [1.82, 2.24) is 0 Å². The zero-order chi connectivity index (χ0) is 9.23. The first-order valence-corrected chi connectivity index (χ1v) is 5.76. The van der Waals surface area contributed by atoms with E-state index in [9.17, 15) is 0 Å². The Balaban J connectivity index is 3.19. The maximum absolute atomic E-state index is 5.46. The van der Waals surface area contributed by atoms with Crippen molar-refractivity contribution in [2.45, 2.75) is 39.4 Å². The number of alkyl halides is 1. The molecule has 0 aliphatic carbocycles. The van der Waals surface area contributed by atoms with Gasteiger partial charge in [-0.3, -0.25) is 0 Å². The van der Waals surface area contributed by atoms with Gasteiger partial charge in [0.25, 0.3) is 0 Å². The normalized spacial score (nSPS) is 13.2. The van der Waals surface area contributed by atoms with Gasteiger partial charge in [0.2, 0.25) is 0 Å². The molecular formula is C9H19BrO2. The molecule has 0 amide bonds. The van der Waals surface area contributed by atoms with E-state index in [4.69, 9.17) is 9.47 Å². The van der Waals surface area contributed by atoms with Crippen LogP contribution in [0.2, 0.25) is 0 Å². The number of hydrogen-bond acceptors (Lipinski definition) is 2. The first-order chi connectivity index (χ1) is 5.85. The Morgan fingerprint density at radius 2 is 1.92 bits per heavy atom. The Bertz CT molecular complexity index is 88.6. The van der Waals surface area contributed by atoms with Gasteiger partial charge in [0, 0.05) is 13.2 Å². The summed E-state index contributed by atoms with van der Waals surface area (Å²) in [7, 11) is 0. The fraction of sp³-hybridized carbons (Fsp3) is 1.00. The largest absolute Gasteiger partial charge is 0.352 e. The molecule has 3 heteroatoms. The van der Waals surface area contributed by atoms with Gasteiger partial charge in [-0.25, -0.2) is 0 Å². The average molecular weight is 239 g/mol. The molecule has 12 heavy (non-hydrogen) atoms.